The summed E-state index contributed by atoms with van der Waals surface area (Å²) in [6.07, 6.45) is 0. The average molecular weight is 313 g/mol. The van der Waals surface area contributed by atoms with Gasteiger partial charge in [0, 0.05) is 12.1 Å². The number of carbonyl (C=O) groups excluding carboxylic acids is 1. The van der Waals surface area contributed by atoms with Crippen LogP contribution in [0.15, 0.2) is 29.2 Å². The van der Waals surface area contributed by atoms with Crippen LogP contribution in [-0.2, 0) is 14.8 Å². The molecule has 0 spiro atoms. The molecule has 1 amide bonds. The number of amides is 1. The standard InChI is InChI=1S/C8H6Cl2N2O5S/c9-7(10)8(13)11-18(16,17)6-3-1-2-5(4-6)12(14)15/h1-4,7H,(H,11,13). The minimum atomic E-state index is -4.23. The number of nitro groups is 1. The third-order valence-electron chi connectivity index (χ3n) is 1.77. The first kappa shape index (κ1) is 14.7. The predicted molar refractivity (Wildman–Crippen MR) is 63.9 cm³/mol. The molecule has 0 aliphatic carbocycles. The van der Waals surface area contributed by atoms with E-state index in [1.165, 1.54) is 6.07 Å². The lowest BCUT2D eigenvalue weighted by atomic mass is 10.3. The zero-order chi connectivity index (χ0) is 13.9. The minimum absolute atomic E-state index is 0.418. The van der Waals surface area contributed by atoms with Gasteiger partial charge < -0.3 is 0 Å². The Bertz CT molecular complexity index is 587. The molecule has 18 heavy (non-hydrogen) atoms. The molecule has 1 aromatic rings. The second-order valence-electron chi connectivity index (χ2n) is 3.02. The van der Waals surface area contributed by atoms with E-state index in [2.05, 4.69) is 0 Å². The summed E-state index contributed by atoms with van der Waals surface area (Å²) >= 11 is 10.4. The van der Waals surface area contributed by atoms with Gasteiger partial charge in [0.2, 0.25) is 0 Å². The van der Waals surface area contributed by atoms with Crippen molar-refractivity contribution in [1.29, 1.82) is 0 Å². The van der Waals surface area contributed by atoms with Crippen LogP contribution in [0.4, 0.5) is 5.69 Å². The zero-order valence-corrected chi connectivity index (χ0v) is 10.9. The van der Waals surface area contributed by atoms with E-state index in [9.17, 15) is 23.3 Å². The topological polar surface area (TPSA) is 106 Å². The summed E-state index contributed by atoms with van der Waals surface area (Å²) in [7, 11) is -4.23. The number of carbonyl (C=O) groups is 1. The Morgan fingerprint density at radius 1 is 1.39 bits per heavy atom. The highest BCUT2D eigenvalue weighted by molar-refractivity contribution is 7.90. The third-order valence-corrected chi connectivity index (χ3v) is 3.51. The summed E-state index contributed by atoms with van der Waals surface area (Å²) in [5, 5.41) is 10.5. The number of sulfonamides is 1. The van der Waals surface area contributed by atoms with Crippen LogP contribution >= 0.6 is 23.2 Å². The molecule has 1 N–H and O–H groups in total. The first-order valence-corrected chi connectivity index (χ1v) is 6.69. The van der Waals surface area contributed by atoms with Crippen LogP contribution in [0.3, 0.4) is 0 Å². The molecule has 0 aromatic heterocycles. The van der Waals surface area contributed by atoms with E-state index in [4.69, 9.17) is 23.2 Å². The number of rotatable bonds is 4. The van der Waals surface area contributed by atoms with Crippen molar-refractivity contribution in [3.8, 4) is 0 Å². The number of halogens is 2. The lowest BCUT2D eigenvalue weighted by Gasteiger charge is -2.06. The van der Waals surface area contributed by atoms with Gasteiger partial charge >= 0.3 is 0 Å². The minimum Gasteiger partial charge on any atom is -0.271 e. The van der Waals surface area contributed by atoms with E-state index in [-0.39, 0.29) is 0 Å². The Balaban J connectivity index is 3.09. The summed E-state index contributed by atoms with van der Waals surface area (Å²) < 4.78 is 24.9. The van der Waals surface area contributed by atoms with Crippen molar-refractivity contribution in [3.05, 3.63) is 34.4 Å². The lowest BCUT2D eigenvalue weighted by molar-refractivity contribution is -0.385. The fourth-order valence-corrected chi connectivity index (χ4v) is 2.27. The monoisotopic (exact) mass is 312 g/mol. The molecule has 1 aromatic carbocycles. The summed E-state index contributed by atoms with van der Waals surface area (Å²) in [6.45, 7) is 0. The van der Waals surface area contributed by atoms with Crippen molar-refractivity contribution in [2.45, 2.75) is 9.73 Å². The Morgan fingerprint density at radius 2 is 2.00 bits per heavy atom. The molecule has 1 rings (SSSR count). The maximum absolute atomic E-state index is 11.7. The van der Waals surface area contributed by atoms with Crippen molar-refractivity contribution in [2.24, 2.45) is 0 Å². The fraction of sp³-hybridized carbons (Fsp3) is 0.125. The van der Waals surface area contributed by atoms with Crippen LogP contribution in [0.5, 0.6) is 0 Å². The lowest BCUT2D eigenvalue weighted by Crippen LogP contribution is -2.34. The van der Waals surface area contributed by atoms with Gasteiger partial charge in [0.1, 0.15) is 0 Å². The van der Waals surface area contributed by atoms with Gasteiger partial charge in [-0.3, -0.25) is 14.9 Å². The summed E-state index contributed by atoms with van der Waals surface area (Å²) in [6, 6.07) is 4.20. The van der Waals surface area contributed by atoms with Crippen molar-refractivity contribution in [3.63, 3.8) is 0 Å². The average Bonchev–Trinajstić information content (AvgIpc) is 2.28. The Morgan fingerprint density at radius 3 is 2.50 bits per heavy atom. The highest BCUT2D eigenvalue weighted by Crippen LogP contribution is 2.17. The van der Waals surface area contributed by atoms with Gasteiger partial charge in [-0.1, -0.05) is 29.3 Å². The largest absolute Gasteiger partial charge is 0.271 e. The van der Waals surface area contributed by atoms with Crippen LogP contribution < -0.4 is 4.72 Å². The molecule has 0 heterocycles. The fourth-order valence-electron chi connectivity index (χ4n) is 1.00. The second-order valence-corrected chi connectivity index (χ2v) is 5.80. The highest BCUT2D eigenvalue weighted by Gasteiger charge is 2.23. The molecule has 0 atom stereocenters. The number of nitrogens with zero attached hydrogens (tertiary/aromatic N) is 1. The van der Waals surface area contributed by atoms with Gasteiger partial charge in [-0.05, 0) is 6.07 Å². The SMILES string of the molecule is O=C(NS(=O)(=O)c1cccc([N+](=O)[O-])c1)C(Cl)Cl. The number of hydrogen-bond donors (Lipinski definition) is 1. The number of benzene rings is 1. The molecular formula is C8H6Cl2N2O5S. The molecule has 0 saturated heterocycles. The molecule has 98 valence electrons. The van der Waals surface area contributed by atoms with E-state index in [0.29, 0.717) is 0 Å². The summed E-state index contributed by atoms with van der Waals surface area (Å²) in [5.74, 6) is -1.13. The van der Waals surface area contributed by atoms with E-state index in [1.807, 2.05) is 0 Å². The van der Waals surface area contributed by atoms with Crippen molar-refractivity contribution < 1.29 is 18.1 Å². The number of nitrogens with one attached hydrogen (secondary N) is 1. The van der Waals surface area contributed by atoms with Gasteiger partial charge in [0.05, 0.1) is 9.82 Å². The molecule has 0 radical (unpaired) electrons. The molecule has 7 nitrogen and oxygen atoms in total. The van der Waals surface area contributed by atoms with Crippen molar-refractivity contribution >= 4 is 44.8 Å². The van der Waals surface area contributed by atoms with Gasteiger partial charge in [-0.2, -0.15) is 0 Å². The molecule has 0 aliphatic heterocycles. The Kier molecular flexibility index (Phi) is 4.49. The maximum Gasteiger partial charge on any atom is 0.270 e. The van der Waals surface area contributed by atoms with Gasteiger partial charge in [-0.15, -0.1) is 0 Å². The normalized spacial score (nSPS) is 11.3. The van der Waals surface area contributed by atoms with E-state index >= 15 is 0 Å². The smallest absolute Gasteiger partial charge is 0.270 e. The first-order valence-electron chi connectivity index (χ1n) is 4.33. The molecular weight excluding hydrogens is 307 g/mol. The predicted octanol–water partition coefficient (Wildman–Crippen LogP) is 1.20. The highest BCUT2D eigenvalue weighted by atomic mass is 35.5. The van der Waals surface area contributed by atoms with E-state index < -0.39 is 36.3 Å². The number of alkyl halides is 2. The number of nitro benzene ring substituents is 1. The Labute approximate surface area is 112 Å². The van der Waals surface area contributed by atoms with Crippen molar-refractivity contribution in [2.75, 3.05) is 0 Å². The second kappa shape index (κ2) is 5.51. The molecule has 0 unspecified atom stereocenters. The van der Waals surface area contributed by atoms with E-state index in [1.54, 1.807) is 4.72 Å². The maximum atomic E-state index is 11.7. The first-order chi connectivity index (χ1) is 8.24. The van der Waals surface area contributed by atoms with Crippen LogP contribution in [0, 0.1) is 10.1 Å². The Hall–Kier alpha value is -1.38. The molecule has 0 aliphatic rings. The molecule has 10 heteroatoms. The van der Waals surface area contributed by atoms with Gasteiger partial charge in [-0.25, -0.2) is 13.1 Å². The van der Waals surface area contributed by atoms with Crippen molar-refractivity contribution in [1.82, 2.24) is 4.72 Å². The number of hydrogen-bond acceptors (Lipinski definition) is 5. The summed E-state index contributed by atoms with van der Waals surface area (Å²) in [5.41, 5.74) is -0.418. The number of non-ortho nitro benzene ring substituents is 1. The molecule has 0 bridgehead atoms. The van der Waals surface area contributed by atoms with Crippen LogP contribution in [-0.4, -0.2) is 24.1 Å². The van der Waals surface area contributed by atoms with Crippen LogP contribution in [0.2, 0.25) is 0 Å². The van der Waals surface area contributed by atoms with Gasteiger partial charge in [0.15, 0.2) is 4.84 Å². The quantitative estimate of drug-likeness (QED) is 0.511. The van der Waals surface area contributed by atoms with Crippen LogP contribution in [0.25, 0.3) is 0 Å². The summed E-state index contributed by atoms with van der Waals surface area (Å²) in [4.78, 5) is 18.8. The van der Waals surface area contributed by atoms with Gasteiger partial charge in [0.25, 0.3) is 21.6 Å². The van der Waals surface area contributed by atoms with Crippen LogP contribution in [0.1, 0.15) is 0 Å². The molecule has 0 saturated carbocycles. The molecule has 0 fully saturated rings. The van der Waals surface area contributed by atoms with E-state index in [0.717, 1.165) is 18.2 Å². The zero-order valence-electron chi connectivity index (χ0n) is 8.54. The third kappa shape index (κ3) is 3.56.